The molecule has 0 heterocycles. The number of hydrogen-bond acceptors (Lipinski definition) is 4. The SMILES string of the molecule is COC(=O)CC(=O)N(Nc1ccccc1)c1ccccc1. The van der Waals surface area contributed by atoms with Crippen molar-refractivity contribution in [2.24, 2.45) is 0 Å². The summed E-state index contributed by atoms with van der Waals surface area (Å²) < 4.78 is 4.54. The molecule has 0 saturated heterocycles. The summed E-state index contributed by atoms with van der Waals surface area (Å²) in [4.78, 5) is 23.6. The molecule has 0 atom stereocenters. The van der Waals surface area contributed by atoms with Crippen LogP contribution in [0.4, 0.5) is 11.4 Å². The van der Waals surface area contributed by atoms with Crippen LogP contribution in [0.15, 0.2) is 60.7 Å². The lowest BCUT2D eigenvalue weighted by Crippen LogP contribution is -2.37. The van der Waals surface area contributed by atoms with Gasteiger partial charge in [0.25, 0.3) is 5.91 Å². The highest BCUT2D eigenvalue weighted by Crippen LogP contribution is 2.17. The summed E-state index contributed by atoms with van der Waals surface area (Å²) in [7, 11) is 1.26. The Balaban J connectivity index is 2.22. The normalized spacial score (nSPS) is 9.76. The lowest BCUT2D eigenvalue weighted by atomic mass is 10.3. The van der Waals surface area contributed by atoms with Gasteiger partial charge in [0.15, 0.2) is 0 Å². The van der Waals surface area contributed by atoms with E-state index >= 15 is 0 Å². The van der Waals surface area contributed by atoms with Crippen LogP contribution in [-0.4, -0.2) is 19.0 Å². The van der Waals surface area contributed by atoms with Crippen LogP contribution in [0.25, 0.3) is 0 Å². The van der Waals surface area contributed by atoms with E-state index in [0.29, 0.717) is 5.69 Å². The highest BCUT2D eigenvalue weighted by Gasteiger charge is 2.19. The number of nitrogens with one attached hydrogen (secondary N) is 1. The number of esters is 1. The summed E-state index contributed by atoms with van der Waals surface area (Å²) in [5.74, 6) is -0.965. The van der Waals surface area contributed by atoms with Gasteiger partial charge in [0, 0.05) is 0 Å². The average Bonchev–Trinajstić information content (AvgIpc) is 2.54. The molecule has 21 heavy (non-hydrogen) atoms. The zero-order valence-corrected chi connectivity index (χ0v) is 11.7. The van der Waals surface area contributed by atoms with Crippen LogP contribution in [0.5, 0.6) is 0 Å². The fraction of sp³-hybridized carbons (Fsp3) is 0.125. The quantitative estimate of drug-likeness (QED) is 0.521. The average molecular weight is 284 g/mol. The molecule has 1 N–H and O–H groups in total. The number of benzene rings is 2. The molecule has 0 spiro atoms. The van der Waals surface area contributed by atoms with Crippen molar-refractivity contribution in [3.8, 4) is 0 Å². The number of para-hydroxylation sites is 2. The zero-order chi connectivity index (χ0) is 15.1. The van der Waals surface area contributed by atoms with Crippen molar-refractivity contribution in [1.29, 1.82) is 0 Å². The second-order valence-corrected chi connectivity index (χ2v) is 4.30. The molecule has 5 heteroatoms. The Hall–Kier alpha value is -2.82. The molecule has 0 radical (unpaired) electrons. The van der Waals surface area contributed by atoms with Gasteiger partial charge in [-0.2, -0.15) is 0 Å². The third-order valence-electron chi connectivity index (χ3n) is 2.80. The summed E-state index contributed by atoms with van der Waals surface area (Å²) >= 11 is 0. The van der Waals surface area contributed by atoms with E-state index in [4.69, 9.17) is 0 Å². The minimum atomic E-state index is -0.573. The number of amides is 1. The second-order valence-electron chi connectivity index (χ2n) is 4.30. The first kappa shape index (κ1) is 14.6. The fourth-order valence-electron chi connectivity index (χ4n) is 1.76. The monoisotopic (exact) mass is 284 g/mol. The molecule has 0 aromatic heterocycles. The van der Waals surface area contributed by atoms with Crippen molar-refractivity contribution in [3.05, 3.63) is 60.7 Å². The summed E-state index contributed by atoms with van der Waals surface area (Å²) in [5, 5.41) is 1.34. The first-order chi connectivity index (χ1) is 10.2. The Bertz CT molecular complexity index is 599. The number of nitrogens with zero attached hydrogens (tertiary/aromatic N) is 1. The van der Waals surface area contributed by atoms with Crippen LogP contribution < -0.4 is 10.4 Å². The number of hydrazine groups is 1. The molecule has 1 amide bonds. The number of hydrogen-bond donors (Lipinski definition) is 1. The van der Waals surface area contributed by atoms with Gasteiger partial charge in [-0.25, -0.2) is 5.01 Å². The maximum absolute atomic E-state index is 12.3. The minimum absolute atomic E-state index is 0.328. The molecule has 0 unspecified atom stereocenters. The van der Waals surface area contributed by atoms with Crippen molar-refractivity contribution >= 4 is 23.3 Å². The van der Waals surface area contributed by atoms with Crippen LogP contribution in [0.1, 0.15) is 6.42 Å². The predicted molar refractivity (Wildman–Crippen MR) is 80.6 cm³/mol. The predicted octanol–water partition coefficient (Wildman–Crippen LogP) is 2.61. The largest absolute Gasteiger partial charge is 0.469 e. The van der Waals surface area contributed by atoms with Crippen molar-refractivity contribution in [2.45, 2.75) is 6.42 Å². The summed E-state index contributed by atoms with van der Waals surface area (Å²) in [6, 6.07) is 18.3. The van der Waals surface area contributed by atoms with E-state index in [1.807, 2.05) is 48.5 Å². The van der Waals surface area contributed by atoms with Crippen LogP contribution in [0.3, 0.4) is 0 Å². The van der Waals surface area contributed by atoms with Crippen molar-refractivity contribution in [1.82, 2.24) is 0 Å². The number of carbonyl (C=O) groups excluding carboxylic acids is 2. The van der Waals surface area contributed by atoms with Gasteiger partial charge in [0.1, 0.15) is 6.42 Å². The second kappa shape index (κ2) is 7.09. The van der Waals surface area contributed by atoms with E-state index in [-0.39, 0.29) is 6.42 Å². The summed E-state index contributed by atoms with van der Waals surface area (Å²) in [6.45, 7) is 0. The third-order valence-corrected chi connectivity index (χ3v) is 2.80. The van der Waals surface area contributed by atoms with Gasteiger partial charge in [0.2, 0.25) is 0 Å². The molecule has 0 aliphatic rings. The zero-order valence-electron chi connectivity index (χ0n) is 11.7. The van der Waals surface area contributed by atoms with Crippen LogP contribution in [-0.2, 0) is 14.3 Å². The maximum Gasteiger partial charge on any atom is 0.315 e. The van der Waals surface area contributed by atoms with Crippen molar-refractivity contribution in [3.63, 3.8) is 0 Å². The van der Waals surface area contributed by atoms with Crippen LogP contribution >= 0.6 is 0 Å². The van der Waals surface area contributed by atoms with Gasteiger partial charge >= 0.3 is 5.97 Å². The first-order valence-electron chi connectivity index (χ1n) is 6.47. The smallest absolute Gasteiger partial charge is 0.315 e. The maximum atomic E-state index is 12.3. The van der Waals surface area contributed by atoms with Gasteiger partial charge in [0.05, 0.1) is 18.5 Å². The molecule has 2 aromatic carbocycles. The van der Waals surface area contributed by atoms with E-state index < -0.39 is 11.9 Å². The standard InChI is InChI=1S/C16H16N2O3/c1-21-16(20)12-15(19)18(14-10-6-3-7-11-14)17-13-8-4-2-5-9-13/h2-11,17H,12H2,1H3. The molecule has 2 rings (SSSR count). The fourth-order valence-corrected chi connectivity index (χ4v) is 1.76. The molecule has 2 aromatic rings. The van der Waals surface area contributed by atoms with E-state index in [9.17, 15) is 9.59 Å². The molecule has 0 fully saturated rings. The molecule has 0 aliphatic heterocycles. The highest BCUT2D eigenvalue weighted by molar-refractivity contribution is 6.04. The Morgan fingerprint density at radius 2 is 1.57 bits per heavy atom. The Labute approximate surface area is 123 Å². The molecular weight excluding hydrogens is 268 g/mol. The highest BCUT2D eigenvalue weighted by atomic mass is 16.5. The van der Waals surface area contributed by atoms with Crippen LogP contribution in [0, 0.1) is 0 Å². The third kappa shape index (κ3) is 4.07. The molecule has 0 saturated carbocycles. The Morgan fingerprint density at radius 1 is 1.00 bits per heavy atom. The van der Waals surface area contributed by atoms with Crippen molar-refractivity contribution < 1.29 is 14.3 Å². The van der Waals surface area contributed by atoms with Gasteiger partial charge in [-0.15, -0.1) is 0 Å². The lowest BCUT2D eigenvalue weighted by molar-refractivity contribution is -0.143. The summed E-state index contributed by atoms with van der Waals surface area (Å²) in [6.07, 6.45) is -0.328. The molecular formula is C16H16N2O3. The molecule has 0 aliphatic carbocycles. The lowest BCUT2D eigenvalue weighted by Gasteiger charge is -2.24. The summed E-state index contributed by atoms with van der Waals surface area (Å²) in [5.41, 5.74) is 4.40. The van der Waals surface area contributed by atoms with E-state index in [0.717, 1.165) is 5.69 Å². The van der Waals surface area contributed by atoms with Gasteiger partial charge in [-0.3, -0.25) is 15.0 Å². The van der Waals surface area contributed by atoms with Crippen molar-refractivity contribution in [2.75, 3.05) is 17.5 Å². The number of rotatable bonds is 5. The van der Waals surface area contributed by atoms with E-state index in [1.165, 1.54) is 12.1 Å². The molecule has 0 bridgehead atoms. The molecule has 5 nitrogen and oxygen atoms in total. The van der Waals surface area contributed by atoms with Crippen LogP contribution in [0.2, 0.25) is 0 Å². The minimum Gasteiger partial charge on any atom is -0.469 e. The number of methoxy groups -OCH3 is 1. The van der Waals surface area contributed by atoms with Gasteiger partial charge in [-0.1, -0.05) is 36.4 Å². The van der Waals surface area contributed by atoms with E-state index in [1.54, 1.807) is 12.1 Å². The van der Waals surface area contributed by atoms with Gasteiger partial charge in [-0.05, 0) is 24.3 Å². The van der Waals surface area contributed by atoms with E-state index in [2.05, 4.69) is 10.2 Å². The Kier molecular flexibility index (Phi) is 4.93. The Morgan fingerprint density at radius 3 is 2.14 bits per heavy atom. The molecule has 108 valence electrons. The van der Waals surface area contributed by atoms with Gasteiger partial charge < -0.3 is 4.74 Å². The number of carbonyl (C=O) groups is 2. The number of anilines is 2. The number of ether oxygens (including phenoxy) is 1. The topological polar surface area (TPSA) is 58.6 Å². The first-order valence-corrected chi connectivity index (χ1v) is 6.47.